The van der Waals surface area contributed by atoms with E-state index in [2.05, 4.69) is 17.4 Å². The average molecular weight is 176 g/mol. The molecular weight excluding hydrogens is 160 g/mol. The second kappa shape index (κ2) is 4.00. The van der Waals surface area contributed by atoms with Gasteiger partial charge in [-0.25, -0.2) is 0 Å². The largest absolute Gasteiger partial charge is 0.469 e. The molecule has 0 aliphatic rings. The monoisotopic (exact) mass is 176 g/mol. The minimum absolute atomic E-state index is 0.0648. The summed E-state index contributed by atoms with van der Waals surface area (Å²) in [5.74, 6) is -0.195. The summed E-state index contributed by atoms with van der Waals surface area (Å²) >= 11 is 4.30. The molecule has 0 rings (SSSR count). The summed E-state index contributed by atoms with van der Waals surface area (Å²) in [6.07, 6.45) is 0.866. The van der Waals surface area contributed by atoms with Crippen molar-refractivity contribution in [2.45, 2.75) is 32.4 Å². The third-order valence-corrected chi connectivity index (χ3v) is 2.94. The lowest BCUT2D eigenvalue weighted by Gasteiger charge is -2.26. The first-order valence-electron chi connectivity index (χ1n) is 3.73. The molecule has 0 heterocycles. The van der Waals surface area contributed by atoms with Gasteiger partial charge in [0.15, 0.2) is 0 Å². The molecule has 0 aromatic heterocycles. The molecular formula is C8H16O2S. The lowest BCUT2D eigenvalue weighted by molar-refractivity contribution is -0.150. The van der Waals surface area contributed by atoms with E-state index in [1.54, 1.807) is 0 Å². The molecule has 0 saturated heterocycles. The van der Waals surface area contributed by atoms with E-state index < -0.39 is 5.41 Å². The van der Waals surface area contributed by atoms with Gasteiger partial charge in [-0.1, -0.05) is 6.92 Å². The Morgan fingerprint density at radius 3 is 2.36 bits per heavy atom. The summed E-state index contributed by atoms with van der Waals surface area (Å²) in [6.45, 7) is 5.70. The Kier molecular flexibility index (Phi) is 3.93. The van der Waals surface area contributed by atoms with Crippen LogP contribution in [0.25, 0.3) is 0 Å². The van der Waals surface area contributed by atoms with Crippen molar-refractivity contribution >= 4 is 18.6 Å². The summed E-state index contributed by atoms with van der Waals surface area (Å²) in [5.41, 5.74) is -0.480. The maximum absolute atomic E-state index is 11.2. The fraction of sp³-hybridized carbons (Fsp3) is 0.875. The van der Waals surface area contributed by atoms with E-state index in [1.807, 2.05) is 20.8 Å². The number of methoxy groups -OCH3 is 1. The summed E-state index contributed by atoms with van der Waals surface area (Å²) in [7, 11) is 1.40. The molecule has 2 nitrogen and oxygen atoms in total. The summed E-state index contributed by atoms with van der Waals surface area (Å²) in [4.78, 5) is 11.2. The minimum Gasteiger partial charge on any atom is -0.469 e. The van der Waals surface area contributed by atoms with Crippen molar-refractivity contribution in [2.75, 3.05) is 7.11 Å². The highest BCUT2D eigenvalue weighted by Gasteiger charge is 2.34. The summed E-state index contributed by atoms with van der Waals surface area (Å²) in [6, 6.07) is 0. The van der Waals surface area contributed by atoms with Crippen molar-refractivity contribution in [1.82, 2.24) is 0 Å². The molecule has 0 aliphatic carbocycles. The van der Waals surface area contributed by atoms with Crippen LogP contribution in [0.4, 0.5) is 0 Å². The topological polar surface area (TPSA) is 26.3 Å². The van der Waals surface area contributed by atoms with E-state index >= 15 is 0 Å². The number of rotatable bonds is 3. The Morgan fingerprint density at radius 2 is 2.09 bits per heavy atom. The van der Waals surface area contributed by atoms with Crippen LogP contribution in [0.15, 0.2) is 0 Å². The van der Waals surface area contributed by atoms with Gasteiger partial charge < -0.3 is 4.74 Å². The van der Waals surface area contributed by atoms with Crippen LogP contribution in [0.5, 0.6) is 0 Å². The molecule has 0 radical (unpaired) electrons. The Morgan fingerprint density at radius 1 is 1.64 bits per heavy atom. The molecule has 66 valence electrons. The third kappa shape index (κ3) is 2.40. The Balaban J connectivity index is 4.31. The molecule has 11 heavy (non-hydrogen) atoms. The van der Waals surface area contributed by atoms with Gasteiger partial charge in [0.2, 0.25) is 0 Å². The van der Waals surface area contributed by atoms with Crippen LogP contribution in [-0.4, -0.2) is 18.3 Å². The van der Waals surface area contributed by atoms with E-state index in [-0.39, 0.29) is 11.2 Å². The lowest BCUT2D eigenvalue weighted by atomic mass is 9.87. The Labute approximate surface area is 73.7 Å². The van der Waals surface area contributed by atoms with Crippen molar-refractivity contribution in [3.63, 3.8) is 0 Å². The van der Waals surface area contributed by atoms with Crippen molar-refractivity contribution in [3.05, 3.63) is 0 Å². The Bertz CT molecular complexity index is 143. The van der Waals surface area contributed by atoms with Crippen LogP contribution in [0.1, 0.15) is 27.2 Å². The van der Waals surface area contributed by atoms with Gasteiger partial charge in [0.25, 0.3) is 0 Å². The van der Waals surface area contributed by atoms with Gasteiger partial charge >= 0.3 is 5.97 Å². The van der Waals surface area contributed by atoms with Crippen molar-refractivity contribution in [2.24, 2.45) is 5.41 Å². The van der Waals surface area contributed by atoms with Crippen LogP contribution in [0.2, 0.25) is 0 Å². The first-order valence-corrected chi connectivity index (χ1v) is 4.25. The van der Waals surface area contributed by atoms with Crippen molar-refractivity contribution in [3.8, 4) is 0 Å². The molecule has 1 atom stereocenters. The van der Waals surface area contributed by atoms with Gasteiger partial charge in [0.05, 0.1) is 12.5 Å². The SMILES string of the molecule is CCC(S)C(C)(C)C(=O)OC. The average Bonchev–Trinajstić information content (AvgIpc) is 2.01. The predicted octanol–water partition coefficient (Wildman–Crippen LogP) is 1.89. The summed E-state index contributed by atoms with van der Waals surface area (Å²) in [5, 5.41) is 0.0648. The number of carbonyl (C=O) groups excluding carboxylic acids is 1. The molecule has 0 fully saturated rings. The van der Waals surface area contributed by atoms with Crippen LogP contribution in [0, 0.1) is 5.41 Å². The van der Waals surface area contributed by atoms with Crippen LogP contribution in [-0.2, 0) is 9.53 Å². The van der Waals surface area contributed by atoms with E-state index in [1.165, 1.54) is 7.11 Å². The highest BCUT2D eigenvalue weighted by Crippen LogP contribution is 2.28. The molecule has 0 bridgehead atoms. The van der Waals surface area contributed by atoms with E-state index in [9.17, 15) is 4.79 Å². The van der Waals surface area contributed by atoms with E-state index in [0.29, 0.717) is 0 Å². The predicted molar refractivity (Wildman–Crippen MR) is 48.9 cm³/mol. The van der Waals surface area contributed by atoms with Crippen molar-refractivity contribution in [1.29, 1.82) is 0 Å². The molecule has 0 N–H and O–H groups in total. The van der Waals surface area contributed by atoms with Crippen LogP contribution >= 0.6 is 12.6 Å². The first-order chi connectivity index (χ1) is 4.96. The molecule has 1 unspecified atom stereocenters. The third-order valence-electron chi connectivity index (χ3n) is 1.93. The highest BCUT2D eigenvalue weighted by molar-refractivity contribution is 7.81. The zero-order valence-electron chi connectivity index (χ0n) is 7.55. The van der Waals surface area contributed by atoms with E-state index in [4.69, 9.17) is 0 Å². The zero-order valence-corrected chi connectivity index (χ0v) is 8.44. The molecule has 3 heteroatoms. The molecule has 0 saturated carbocycles. The smallest absolute Gasteiger partial charge is 0.312 e. The molecule has 0 aromatic rings. The number of esters is 1. The Hall–Kier alpha value is -0.180. The van der Waals surface area contributed by atoms with E-state index in [0.717, 1.165) is 6.42 Å². The normalized spacial score (nSPS) is 14.3. The number of hydrogen-bond acceptors (Lipinski definition) is 3. The maximum atomic E-state index is 11.2. The number of ether oxygens (including phenoxy) is 1. The zero-order chi connectivity index (χ0) is 9.07. The minimum atomic E-state index is -0.480. The maximum Gasteiger partial charge on any atom is 0.312 e. The number of thiol groups is 1. The summed E-state index contributed by atoms with van der Waals surface area (Å²) < 4.78 is 4.65. The second-order valence-corrected chi connectivity index (χ2v) is 3.76. The standard InChI is InChI=1S/C8H16O2S/c1-5-6(11)8(2,3)7(9)10-4/h6,11H,5H2,1-4H3. The van der Waals surface area contributed by atoms with Crippen LogP contribution in [0.3, 0.4) is 0 Å². The van der Waals surface area contributed by atoms with Crippen LogP contribution < -0.4 is 0 Å². The number of hydrogen-bond donors (Lipinski definition) is 1. The lowest BCUT2D eigenvalue weighted by Crippen LogP contribution is -2.34. The van der Waals surface area contributed by atoms with Gasteiger partial charge in [-0.15, -0.1) is 0 Å². The second-order valence-electron chi connectivity index (χ2n) is 3.14. The quantitative estimate of drug-likeness (QED) is 0.525. The molecule has 0 amide bonds. The number of carbonyl (C=O) groups is 1. The van der Waals surface area contributed by atoms with Gasteiger partial charge in [-0.3, -0.25) is 4.79 Å². The fourth-order valence-electron chi connectivity index (χ4n) is 0.909. The fourth-order valence-corrected chi connectivity index (χ4v) is 1.01. The molecule has 0 aliphatic heterocycles. The first kappa shape index (κ1) is 10.8. The van der Waals surface area contributed by atoms with Gasteiger partial charge in [0, 0.05) is 5.25 Å². The van der Waals surface area contributed by atoms with Crippen molar-refractivity contribution < 1.29 is 9.53 Å². The van der Waals surface area contributed by atoms with Gasteiger partial charge in [-0.2, -0.15) is 12.6 Å². The molecule has 0 aromatic carbocycles. The molecule has 0 spiro atoms. The van der Waals surface area contributed by atoms with Gasteiger partial charge in [-0.05, 0) is 20.3 Å². The van der Waals surface area contributed by atoms with Gasteiger partial charge in [0.1, 0.15) is 0 Å². The highest BCUT2D eigenvalue weighted by atomic mass is 32.1.